The molecular formula is C21H38O. The van der Waals surface area contributed by atoms with Crippen LogP contribution in [0.5, 0.6) is 0 Å². The van der Waals surface area contributed by atoms with Crippen LogP contribution in [0, 0.1) is 34.5 Å². The van der Waals surface area contributed by atoms with Gasteiger partial charge in [-0.25, -0.2) is 0 Å². The zero-order valence-corrected chi connectivity index (χ0v) is 15.8. The van der Waals surface area contributed by atoms with Gasteiger partial charge in [-0.15, -0.1) is 0 Å². The molecule has 0 aromatic rings. The third-order valence-electron chi connectivity index (χ3n) is 7.42. The van der Waals surface area contributed by atoms with Crippen molar-refractivity contribution in [2.45, 2.75) is 98.7 Å². The van der Waals surface area contributed by atoms with Gasteiger partial charge in [-0.3, -0.25) is 0 Å². The summed E-state index contributed by atoms with van der Waals surface area (Å²) in [6.07, 6.45) is 10.7. The molecule has 1 heteroatoms. The molecule has 1 heterocycles. The minimum absolute atomic E-state index is 0.521. The van der Waals surface area contributed by atoms with Crippen LogP contribution >= 0.6 is 0 Å². The van der Waals surface area contributed by atoms with Crippen LogP contribution in [0.1, 0.15) is 86.5 Å². The summed E-state index contributed by atoms with van der Waals surface area (Å²) in [7, 11) is 0. The van der Waals surface area contributed by atoms with Crippen molar-refractivity contribution in [2.75, 3.05) is 0 Å². The number of fused-ring (bicyclic) bond motifs is 4. The van der Waals surface area contributed by atoms with Crippen LogP contribution < -0.4 is 0 Å². The second-order valence-electron chi connectivity index (χ2n) is 10.3. The predicted octanol–water partition coefficient (Wildman–Crippen LogP) is 6.07. The van der Waals surface area contributed by atoms with E-state index < -0.39 is 0 Å². The molecule has 6 atom stereocenters. The molecule has 3 fully saturated rings. The minimum atomic E-state index is 0.521. The molecule has 22 heavy (non-hydrogen) atoms. The third-order valence-corrected chi connectivity index (χ3v) is 7.42. The van der Waals surface area contributed by atoms with E-state index in [0.717, 1.165) is 23.7 Å². The Balaban J connectivity index is 1.87. The van der Waals surface area contributed by atoms with E-state index >= 15 is 0 Å². The van der Waals surface area contributed by atoms with Crippen LogP contribution in [0.3, 0.4) is 0 Å². The van der Waals surface area contributed by atoms with Crippen LogP contribution in [0.25, 0.3) is 0 Å². The van der Waals surface area contributed by atoms with Gasteiger partial charge in [-0.1, -0.05) is 41.5 Å². The summed E-state index contributed by atoms with van der Waals surface area (Å²) in [5, 5.41) is 0. The lowest BCUT2D eigenvalue weighted by Crippen LogP contribution is -2.51. The van der Waals surface area contributed by atoms with Crippen LogP contribution in [-0.2, 0) is 4.74 Å². The second kappa shape index (κ2) is 5.80. The fourth-order valence-electron chi connectivity index (χ4n) is 6.28. The first-order valence-electron chi connectivity index (χ1n) is 9.87. The molecule has 2 aliphatic carbocycles. The van der Waals surface area contributed by atoms with E-state index in [1.54, 1.807) is 0 Å². The molecule has 6 unspecified atom stereocenters. The summed E-state index contributed by atoms with van der Waals surface area (Å²) in [5.41, 5.74) is 1.06. The highest BCUT2D eigenvalue weighted by Crippen LogP contribution is 2.56. The summed E-state index contributed by atoms with van der Waals surface area (Å²) in [4.78, 5) is 0. The highest BCUT2D eigenvalue weighted by atomic mass is 16.5. The second-order valence-corrected chi connectivity index (χ2v) is 10.3. The van der Waals surface area contributed by atoms with Crippen molar-refractivity contribution in [1.82, 2.24) is 0 Å². The lowest BCUT2D eigenvalue weighted by atomic mass is 9.56. The first kappa shape index (κ1) is 16.8. The van der Waals surface area contributed by atoms with Crippen molar-refractivity contribution in [2.24, 2.45) is 34.5 Å². The molecular weight excluding hydrogens is 268 g/mol. The molecule has 3 aliphatic rings. The summed E-state index contributed by atoms with van der Waals surface area (Å²) in [5.74, 6) is 3.10. The molecule has 0 aromatic carbocycles. The molecule has 0 spiro atoms. The topological polar surface area (TPSA) is 9.23 Å². The average molecular weight is 307 g/mol. The lowest BCUT2D eigenvalue weighted by molar-refractivity contribution is -0.174. The molecule has 0 radical (unpaired) electrons. The van der Waals surface area contributed by atoms with Gasteiger partial charge in [0.05, 0.1) is 12.2 Å². The standard InChI is InChI=1S/C21H38O/c1-14(2)16-7-9-20(5)11-18(16)22-19-12-21(6,13-20)10-8-17(19)15(3)4/h14-19H,7-13H2,1-6H3. The van der Waals surface area contributed by atoms with Gasteiger partial charge in [0.1, 0.15) is 0 Å². The van der Waals surface area contributed by atoms with Crippen molar-refractivity contribution < 1.29 is 4.74 Å². The molecule has 0 amide bonds. The maximum absolute atomic E-state index is 6.91. The van der Waals surface area contributed by atoms with Crippen molar-refractivity contribution in [1.29, 1.82) is 0 Å². The molecule has 4 bridgehead atoms. The van der Waals surface area contributed by atoms with Crippen LogP contribution in [0.15, 0.2) is 0 Å². The minimum Gasteiger partial charge on any atom is -0.374 e. The van der Waals surface area contributed by atoms with Crippen molar-refractivity contribution in [3.63, 3.8) is 0 Å². The van der Waals surface area contributed by atoms with E-state index in [1.807, 2.05) is 0 Å². The summed E-state index contributed by atoms with van der Waals surface area (Å²) in [6.45, 7) is 14.7. The fourth-order valence-corrected chi connectivity index (χ4v) is 6.28. The fraction of sp³-hybridized carbons (Fsp3) is 1.00. The third kappa shape index (κ3) is 3.12. The van der Waals surface area contributed by atoms with Crippen LogP contribution in [-0.4, -0.2) is 12.2 Å². The quantitative estimate of drug-likeness (QED) is 0.601. The summed E-state index contributed by atoms with van der Waals surface area (Å²) < 4.78 is 6.91. The summed E-state index contributed by atoms with van der Waals surface area (Å²) >= 11 is 0. The Labute approximate surface area is 138 Å². The Morgan fingerprint density at radius 3 is 1.55 bits per heavy atom. The number of rotatable bonds is 2. The monoisotopic (exact) mass is 306 g/mol. The lowest BCUT2D eigenvalue weighted by Gasteiger charge is -2.55. The molecule has 2 saturated carbocycles. The van der Waals surface area contributed by atoms with Crippen LogP contribution in [0.2, 0.25) is 0 Å². The first-order chi connectivity index (χ1) is 10.2. The van der Waals surface area contributed by atoms with E-state index in [4.69, 9.17) is 4.74 Å². The van der Waals surface area contributed by atoms with Crippen molar-refractivity contribution in [3.05, 3.63) is 0 Å². The molecule has 1 nitrogen and oxygen atoms in total. The Kier molecular flexibility index (Phi) is 4.43. The predicted molar refractivity (Wildman–Crippen MR) is 93.9 cm³/mol. The SMILES string of the molecule is CC(C)C1CCC2(C)CC1OC1CC(C)(CCC1C(C)C)C2. The van der Waals surface area contributed by atoms with Gasteiger partial charge < -0.3 is 4.74 Å². The number of hydrogen-bond donors (Lipinski definition) is 0. The van der Waals surface area contributed by atoms with Gasteiger partial charge in [0, 0.05) is 0 Å². The van der Waals surface area contributed by atoms with Crippen molar-refractivity contribution >= 4 is 0 Å². The van der Waals surface area contributed by atoms with Gasteiger partial charge in [-0.2, -0.15) is 0 Å². The molecule has 1 saturated heterocycles. The van der Waals surface area contributed by atoms with E-state index in [2.05, 4.69) is 41.5 Å². The van der Waals surface area contributed by atoms with Gasteiger partial charge >= 0.3 is 0 Å². The largest absolute Gasteiger partial charge is 0.374 e. The maximum Gasteiger partial charge on any atom is 0.0614 e. The van der Waals surface area contributed by atoms with E-state index in [0.29, 0.717) is 23.0 Å². The molecule has 0 aromatic heterocycles. The Bertz CT molecular complexity index is 365. The zero-order valence-electron chi connectivity index (χ0n) is 15.8. The smallest absolute Gasteiger partial charge is 0.0614 e. The van der Waals surface area contributed by atoms with Gasteiger partial charge in [-0.05, 0) is 79.4 Å². The molecule has 0 N–H and O–H groups in total. The summed E-state index contributed by atoms with van der Waals surface area (Å²) in [6, 6.07) is 0. The average Bonchev–Trinajstić information content (AvgIpc) is 2.35. The zero-order chi connectivity index (χ0) is 16.1. The maximum atomic E-state index is 6.91. The van der Waals surface area contributed by atoms with E-state index in [9.17, 15) is 0 Å². The van der Waals surface area contributed by atoms with Crippen molar-refractivity contribution in [3.8, 4) is 0 Å². The highest BCUT2D eigenvalue weighted by Gasteiger charge is 2.50. The van der Waals surface area contributed by atoms with Gasteiger partial charge in [0.25, 0.3) is 0 Å². The van der Waals surface area contributed by atoms with Gasteiger partial charge in [0.2, 0.25) is 0 Å². The Hall–Kier alpha value is -0.0400. The highest BCUT2D eigenvalue weighted by molar-refractivity contribution is 5.00. The Morgan fingerprint density at radius 1 is 0.773 bits per heavy atom. The number of hydrogen-bond acceptors (Lipinski definition) is 1. The van der Waals surface area contributed by atoms with E-state index in [-0.39, 0.29) is 0 Å². The molecule has 1 aliphatic heterocycles. The van der Waals surface area contributed by atoms with Gasteiger partial charge in [0.15, 0.2) is 0 Å². The normalized spacial score (nSPS) is 49.1. The van der Waals surface area contributed by atoms with Crippen LogP contribution in [0.4, 0.5) is 0 Å². The first-order valence-corrected chi connectivity index (χ1v) is 9.87. The molecule has 128 valence electrons. The van der Waals surface area contributed by atoms with E-state index in [1.165, 1.54) is 44.9 Å². The molecule has 3 rings (SSSR count). The Morgan fingerprint density at radius 2 is 1.18 bits per heavy atom. The number of ether oxygens (including phenoxy) is 1.